The van der Waals surface area contributed by atoms with Crippen LogP contribution in [0, 0.1) is 0 Å². The Morgan fingerprint density at radius 1 is 0.537 bits per heavy atom. The molecule has 0 saturated carbocycles. The Hall–Kier alpha value is -3.57. The topological polar surface area (TPSA) is 31.6 Å². The van der Waals surface area contributed by atoms with Gasteiger partial charge in [-0.2, -0.15) is 0 Å². The third kappa shape index (κ3) is 4.20. The molecule has 0 radical (unpaired) electrons. The third-order valence-electron chi connectivity index (χ3n) is 7.52. The maximum absolute atomic E-state index is 9.98. The SMILES string of the molecule is [2H]c1c([2H])c([2H])[c]([Ge]([c]2c([2H])c([2H])c([2H])c([2H])c2[2H])([c]2c([2H])c([2H])c([2H])c(B3OC(C)(C)C(C)(C)O3)c2[2H])[c]2c([2H])c([2H])c3oc4c([2H])c([2H])c([2H])c([2H])c4c3c2[2H])c([2H])c1[2H]. The monoisotopic (exact) mass is 619 g/mol. The molecule has 0 N–H and O–H groups in total. The molecule has 2 heterocycles. The molecule has 5 aromatic carbocycles. The van der Waals surface area contributed by atoms with Crippen molar-refractivity contribution in [3.05, 3.63) is 127 Å². The standard InChI is InChI=1S/C36H33BGeO3/c1-35(2)36(3,4)41-37(40-35)26-14-13-19-29(24-26)38(27-15-7-5-8-16-27,28-17-9-6-10-18-28)30-22-23-34-32(25-30)31-20-11-12-21-33(31)39-34/h5-25H,1-4H3/i5D,6D,7D,8D,9D,10D,11D,12D,13D,14D,15D,16D,17D,18D,19D,20D,21D,22D,23D,24D,25D. The van der Waals surface area contributed by atoms with Gasteiger partial charge in [-0.3, -0.25) is 0 Å². The van der Waals surface area contributed by atoms with Gasteiger partial charge >= 0.3 is 274 Å². The summed E-state index contributed by atoms with van der Waals surface area (Å²) >= 11 is -7.05. The van der Waals surface area contributed by atoms with E-state index in [1.54, 1.807) is 27.7 Å². The van der Waals surface area contributed by atoms with Crippen LogP contribution in [0.2, 0.25) is 0 Å². The van der Waals surface area contributed by atoms with Crippen LogP contribution in [0.4, 0.5) is 0 Å². The molecule has 5 heteroatoms. The summed E-state index contributed by atoms with van der Waals surface area (Å²) in [6.45, 7) is 6.54. The van der Waals surface area contributed by atoms with E-state index in [2.05, 4.69) is 0 Å². The summed E-state index contributed by atoms with van der Waals surface area (Å²) in [5.74, 6) is 0. The van der Waals surface area contributed by atoms with Crippen LogP contribution in [0.25, 0.3) is 21.9 Å². The second-order valence-electron chi connectivity index (χ2n) is 10.4. The zero-order valence-electron chi connectivity index (χ0n) is 43.3. The molecule has 0 unspecified atom stereocenters. The van der Waals surface area contributed by atoms with Crippen LogP contribution < -0.4 is 23.0 Å². The van der Waals surface area contributed by atoms with E-state index in [0.717, 1.165) is 0 Å². The van der Waals surface area contributed by atoms with Gasteiger partial charge in [0.15, 0.2) is 0 Å². The van der Waals surface area contributed by atoms with Crippen molar-refractivity contribution in [2.45, 2.75) is 38.9 Å². The number of furan rings is 1. The predicted molar refractivity (Wildman–Crippen MR) is 173 cm³/mol. The van der Waals surface area contributed by atoms with Gasteiger partial charge < -0.3 is 0 Å². The van der Waals surface area contributed by atoms with Gasteiger partial charge in [0.1, 0.15) is 0 Å². The molecular formula is C36H33BGeO3. The van der Waals surface area contributed by atoms with Crippen molar-refractivity contribution in [2.24, 2.45) is 0 Å². The van der Waals surface area contributed by atoms with Crippen molar-refractivity contribution < 1.29 is 42.5 Å². The van der Waals surface area contributed by atoms with Crippen LogP contribution in [0.5, 0.6) is 0 Å². The number of rotatable bonds is 5. The Morgan fingerprint density at radius 3 is 1.73 bits per heavy atom. The van der Waals surface area contributed by atoms with Crippen LogP contribution in [0.1, 0.15) is 56.5 Å². The van der Waals surface area contributed by atoms with Gasteiger partial charge in [-0.1, -0.05) is 0 Å². The Morgan fingerprint density at radius 2 is 1.07 bits per heavy atom. The van der Waals surface area contributed by atoms with Crippen LogP contribution in [-0.2, 0) is 9.31 Å². The normalized spacial score (nSPS) is 23.6. The molecule has 0 atom stereocenters. The van der Waals surface area contributed by atoms with Crippen molar-refractivity contribution >= 4 is 65.4 Å². The number of hydrogen-bond donors (Lipinski definition) is 0. The van der Waals surface area contributed by atoms with E-state index in [-0.39, 0.29) is 0 Å². The number of para-hydroxylation sites is 1. The first-order chi connectivity index (χ1) is 28.5. The molecule has 1 aliphatic heterocycles. The van der Waals surface area contributed by atoms with Crippen LogP contribution >= 0.6 is 0 Å². The Kier molecular flexibility index (Phi) is 2.85. The van der Waals surface area contributed by atoms with E-state index < -0.39 is 203 Å². The summed E-state index contributed by atoms with van der Waals surface area (Å²) in [6.07, 6.45) is 0. The minimum absolute atomic E-state index is 0.498. The van der Waals surface area contributed by atoms with Crippen LogP contribution in [-0.4, -0.2) is 31.6 Å². The summed E-state index contributed by atoms with van der Waals surface area (Å²) in [5, 5.41) is -1.08. The van der Waals surface area contributed by atoms with Crippen LogP contribution in [0.15, 0.2) is 131 Å². The summed E-state index contributed by atoms with van der Waals surface area (Å²) in [5.41, 5.74) is -4.07. The fraction of sp³-hybridized carbons (Fsp3) is 0.167. The van der Waals surface area contributed by atoms with Crippen molar-refractivity contribution in [3.8, 4) is 0 Å². The second-order valence-corrected chi connectivity index (χ2v) is 17.7. The molecule has 0 amide bonds. The zero-order chi connectivity index (χ0) is 46.5. The molecule has 1 saturated heterocycles. The van der Waals surface area contributed by atoms with Crippen molar-refractivity contribution in [3.63, 3.8) is 0 Å². The molecule has 202 valence electrons. The fourth-order valence-corrected chi connectivity index (χ4v) is 12.4. The summed E-state index contributed by atoms with van der Waals surface area (Å²) in [6, 6.07) is -20.5. The molecule has 7 rings (SSSR count). The first-order valence-corrected chi connectivity index (χ1v) is 16.8. The molecule has 1 fully saturated rings. The van der Waals surface area contributed by atoms with E-state index >= 15 is 0 Å². The van der Waals surface area contributed by atoms with Gasteiger partial charge in [-0.15, -0.1) is 0 Å². The second kappa shape index (κ2) is 9.76. The summed E-state index contributed by atoms with van der Waals surface area (Å²) in [4.78, 5) is 0. The van der Waals surface area contributed by atoms with Gasteiger partial charge in [-0.25, -0.2) is 0 Å². The average molecular weight is 618 g/mol. The van der Waals surface area contributed by atoms with Crippen molar-refractivity contribution in [2.75, 3.05) is 0 Å². The molecule has 1 aromatic heterocycles. The molecule has 0 aliphatic carbocycles. The number of benzene rings is 5. The molecule has 0 bridgehead atoms. The minimum atomic E-state index is -7.05. The predicted octanol–water partition coefficient (Wildman–Crippen LogP) is 5.26. The van der Waals surface area contributed by atoms with Gasteiger partial charge in [0, 0.05) is 0 Å². The van der Waals surface area contributed by atoms with Gasteiger partial charge in [0.05, 0.1) is 0 Å². The van der Waals surface area contributed by atoms with E-state index in [1.165, 1.54) is 0 Å². The van der Waals surface area contributed by atoms with Gasteiger partial charge in [0.25, 0.3) is 0 Å². The summed E-state index contributed by atoms with van der Waals surface area (Å²) < 4.78 is 206. The van der Waals surface area contributed by atoms with Gasteiger partial charge in [-0.05, 0) is 0 Å². The number of hydrogen-bond acceptors (Lipinski definition) is 3. The molecular weight excluding hydrogens is 564 g/mol. The maximum atomic E-state index is 9.98. The average Bonchev–Trinajstić information content (AvgIpc) is 3.71. The van der Waals surface area contributed by atoms with Crippen molar-refractivity contribution in [1.82, 2.24) is 0 Å². The Balaban J connectivity index is 1.93. The van der Waals surface area contributed by atoms with Crippen molar-refractivity contribution in [1.29, 1.82) is 0 Å². The zero-order valence-corrected chi connectivity index (χ0v) is 24.4. The number of fused-ring (bicyclic) bond motifs is 3. The first-order valence-electron chi connectivity index (χ1n) is 23.1. The summed E-state index contributed by atoms with van der Waals surface area (Å²) in [7, 11) is -1.68. The van der Waals surface area contributed by atoms with E-state index in [0.29, 0.717) is 0 Å². The molecule has 3 nitrogen and oxygen atoms in total. The molecule has 6 aromatic rings. The molecule has 41 heavy (non-hydrogen) atoms. The molecule has 0 spiro atoms. The molecule has 1 aliphatic rings. The quantitative estimate of drug-likeness (QED) is 0.247. The van der Waals surface area contributed by atoms with Gasteiger partial charge in [0.2, 0.25) is 0 Å². The van der Waals surface area contributed by atoms with E-state index in [1.807, 2.05) is 0 Å². The third-order valence-corrected chi connectivity index (χ3v) is 15.9. The Bertz CT molecular complexity index is 2880. The van der Waals surface area contributed by atoms with Crippen LogP contribution in [0.3, 0.4) is 0 Å². The first kappa shape index (κ1) is 12.0. The van der Waals surface area contributed by atoms with E-state index in [4.69, 9.17) is 28.8 Å². The fourth-order valence-electron chi connectivity index (χ4n) is 4.74. The van der Waals surface area contributed by atoms with E-state index in [9.17, 15) is 13.7 Å². The Labute approximate surface area is 274 Å².